The van der Waals surface area contributed by atoms with E-state index in [1.54, 1.807) is 36.1 Å². The van der Waals surface area contributed by atoms with E-state index in [-0.39, 0.29) is 23.4 Å². The summed E-state index contributed by atoms with van der Waals surface area (Å²) in [6, 6.07) is 14.6. The highest BCUT2D eigenvalue weighted by Crippen LogP contribution is 2.24. The molecule has 1 atom stereocenters. The molecule has 1 aromatic heterocycles. The summed E-state index contributed by atoms with van der Waals surface area (Å²) in [5, 5.41) is 0.496. The van der Waals surface area contributed by atoms with E-state index in [1.165, 1.54) is 0 Å². The zero-order valence-electron chi connectivity index (χ0n) is 17.6. The summed E-state index contributed by atoms with van der Waals surface area (Å²) in [5.41, 5.74) is 1.95. The molecular weight excluding hydrogens is 394 g/mol. The average Bonchev–Trinajstić information content (AvgIpc) is 2.79. The number of aromatic nitrogens is 2. The predicted molar refractivity (Wildman–Crippen MR) is 117 cm³/mol. The van der Waals surface area contributed by atoms with E-state index < -0.39 is 6.10 Å². The van der Waals surface area contributed by atoms with Crippen molar-refractivity contribution in [2.24, 2.45) is 5.92 Å². The lowest BCUT2D eigenvalue weighted by Crippen LogP contribution is -2.41. The third-order valence-electron chi connectivity index (χ3n) is 5.80. The number of likely N-dealkylation sites (tertiary alicyclic amines) is 1. The van der Waals surface area contributed by atoms with Crippen molar-refractivity contribution in [1.29, 1.82) is 0 Å². The molecule has 0 aliphatic carbocycles. The Labute approximate surface area is 180 Å². The Bertz CT molecular complexity index is 1180. The lowest BCUT2D eigenvalue weighted by atomic mass is 9.96. The number of carbonyl (C=O) groups excluding carboxylic acids is 2. The number of nitrogens with one attached hydrogen (secondary N) is 1. The standard InChI is InChI=1S/C24H25N3O4/c1-15-7-3-4-8-18(15)23(29)27-13-11-17(12-14-27)24(30)31-16(2)21-25-20-10-6-5-9-19(20)22(28)26-21/h3-10,16-17H,11-14H2,1-2H3,(H,25,26,28)/t16-/m0/s1. The third-order valence-corrected chi connectivity index (χ3v) is 5.80. The van der Waals surface area contributed by atoms with Gasteiger partial charge in [0.1, 0.15) is 0 Å². The van der Waals surface area contributed by atoms with Crippen LogP contribution in [-0.2, 0) is 9.53 Å². The molecule has 2 aromatic carbocycles. The molecule has 1 N–H and O–H groups in total. The molecule has 1 fully saturated rings. The van der Waals surface area contributed by atoms with Gasteiger partial charge in [-0.05, 0) is 50.5 Å². The number of esters is 1. The number of H-pyrrole nitrogens is 1. The van der Waals surface area contributed by atoms with Crippen molar-refractivity contribution in [3.63, 3.8) is 0 Å². The first-order valence-electron chi connectivity index (χ1n) is 10.5. The number of piperidine rings is 1. The topological polar surface area (TPSA) is 92.4 Å². The van der Waals surface area contributed by atoms with E-state index in [4.69, 9.17) is 4.74 Å². The lowest BCUT2D eigenvalue weighted by Gasteiger charge is -2.31. The van der Waals surface area contributed by atoms with Crippen molar-refractivity contribution in [2.75, 3.05) is 13.1 Å². The summed E-state index contributed by atoms with van der Waals surface area (Å²) < 4.78 is 5.60. The van der Waals surface area contributed by atoms with Gasteiger partial charge in [0.2, 0.25) is 0 Å². The number of benzene rings is 2. The molecule has 7 nitrogen and oxygen atoms in total. The monoisotopic (exact) mass is 419 g/mol. The number of ether oxygens (including phenoxy) is 1. The molecule has 0 radical (unpaired) electrons. The highest BCUT2D eigenvalue weighted by Gasteiger charge is 2.30. The van der Waals surface area contributed by atoms with Crippen LogP contribution in [0.2, 0.25) is 0 Å². The van der Waals surface area contributed by atoms with E-state index in [0.29, 0.717) is 48.2 Å². The molecule has 2 heterocycles. The lowest BCUT2D eigenvalue weighted by molar-refractivity contribution is -0.155. The molecule has 31 heavy (non-hydrogen) atoms. The Morgan fingerprint density at radius 2 is 1.77 bits per heavy atom. The minimum absolute atomic E-state index is 0.00350. The van der Waals surface area contributed by atoms with Gasteiger partial charge in [0.25, 0.3) is 11.5 Å². The van der Waals surface area contributed by atoms with E-state index >= 15 is 0 Å². The fourth-order valence-corrected chi connectivity index (χ4v) is 3.92. The maximum Gasteiger partial charge on any atom is 0.309 e. The first kappa shape index (κ1) is 20.8. The van der Waals surface area contributed by atoms with Gasteiger partial charge in [-0.1, -0.05) is 30.3 Å². The van der Waals surface area contributed by atoms with Gasteiger partial charge in [-0.3, -0.25) is 14.4 Å². The molecule has 1 amide bonds. The Balaban J connectivity index is 1.37. The summed E-state index contributed by atoms with van der Waals surface area (Å²) in [6.45, 7) is 4.63. The summed E-state index contributed by atoms with van der Waals surface area (Å²) in [6.07, 6.45) is 0.423. The van der Waals surface area contributed by atoms with Gasteiger partial charge < -0.3 is 14.6 Å². The van der Waals surface area contributed by atoms with Crippen molar-refractivity contribution in [3.8, 4) is 0 Å². The number of nitrogens with zero attached hydrogens (tertiary/aromatic N) is 2. The molecule has 7 heteroatoms. The number of rotatable bonds is 4. The molecule has 0 spiro atoms. The first-order chi connectivity index (χ1) is 14.9. The van der Waals surface area contributed by atoms with E-state index in [1.807, 2.05) is 31.2 Å². The average molecular weight is 419 g/mol. The van der Waals surface area contributed by atoms with Crippen molar-refractivity contribution in [3.05, 3.63) is 75.8 Å². The number of hydrogen-bond acceptors (Lipinski definition) is 5. The van der Waals surface area contributed by atoms with Crippen LogP contribution in [-0.4, -0.2) is 39.8 Å². The summed E-state index contributed by atoms with van der Waals surface area (Å²) in [7, 11) is 0. The zero-order valence-corrected chi connectivity index (χ0v) is 17.6. The molecule has 0 bridgehead atoms. The number of para-hydroxylation sites is 1. The number of aromatic amines is 1. The highest BCUT2D eigenvalue weighted by atomic mass is 16.5. The van der Waals surface area contributed by atoms with Crippen LogP contribution in [0.5, 0.6) is 0 Å². The van der Waals surface area contributed by atoms with Gasteiger partial charge in [-0.15, -0.1) is 0 Å². The molecule has 1 saturated heterocycles. The van der Waals surface area contributed by atoms with Gasteiger partial charge in [-0.25, -0.2) is 4.98 Å². The number of amides is 1. The second kappa shape index (κ2) is 8.71. The zero-order chi connectivity index (χ0) is 22.0. The minimum Gasteiger partial charge on any atom is -0.454 e. The van der Waals surface area contributed by atoms with Gasteiger partial charge in [0.05, 0.1) is 16.8 Å². The number of carbonyl (C=O) groups is 2. The molecule has 4 rings (SSSR count). The van der Waals surface area contributed by atoms with E-state index in [2.05, 4.69) is 9.97 Å². The Morgan fingerprint density at radius 1 is 1.10 bits per heavy atom. The Morgan fingerprint density at radius 3 is 2.52 bits per heavy atom. The quantitative estimate of drug-likeness (QED) is 0.655. The third kappa shape index (κ3) is 4.35. The van der Waals surface area contributed by atoms with Crippen LogP contribution in [0.4, 0.5) is 0 Å². The maximum atomic E-state index is 12.8. The second-order valence-electron chi connectivity index (χ2n) is 7.93. The van der Waals surface area contributed by atoms with Gasteiger partial charge in [0.15, 0.2) is 11.9 Å². The van der Waals surface area contributed by atoms with Gasteiger partial charge >= 0.3 is 5.97 Å². The molecule has 160 valence electrons. The second-order valence-corrected chi connectivity index (χ2v) is 7.93. The first-order valence-corrected chi connectivity index (χ1v) is 10.5. The van der Waals surface area contributed by atoms with Crippen LogP contribution in [0.1, 0.15) is 47.6 Å². The molecule has 0 saturated carbocycles. The van der Waals surface area contributed by atoms with Crippen molar-refractivity contribution in [1.82, 2.24) is 14.9 Å². The van der Waals surface area contributed by atoms with E-state index in [9.17, 15) is 14.4 Å². The SMILES string of the molecule is Cc1ccccc1C(=O)N1CCC(C(=O)O[C@@H](C)c2nc3ccccc3c(=O)[nH]2)CC1. The van der Waals surface area contributed by atoms with Gasteiger partial charge in [0, 0.05) is 18.7 Å². The number of hydrogen-bond donors (Lipinski definition) is 1. The Kier molecular flexibility index (Phi) is 5.84. The van der Waals surface area contributed by atoms with Crippen LogP contribution >= 0.6 is 0 Å². The summed E-state index contributed by atoms with van der Waals surface area (Å²) in [4.78, 5) is 46.6. The molecular formula is C24H25N3O4. The smallest absolute Gasteiger partial charge is 0.309 e. The van der Waals surface area contributed by atoms with Crippen LogP contribution in [0.3, 0.4) is 0 Å². The number of fused-ring (bicyclic) bond motifs is 1. The molecule has 1 aliphatic heterocycles. The normalized spacial score (nSPS) is 15.6. The van der Waals surface area contributed by atoms with Crippen molar-refractivity contribution < 1.29 is 14.3 Å². The predicted octanol–water partition coefficient (Wildman–Crippen LogP) is 3.39. The fraction of sp³-hybridized carbons (Fsp3) is 0.333. The number of aryl methyl sites for hydroxylation is 1. The van der Waals surface area contributed by atoms with Gasteiger partial charge in [-0.2, -0.15) is 0 Å². The fourth-order valence-electron chi connectivity index (χ4n) is 3.92. The molecule has 3 aromatic rings. The van der Waals surface area contributed by atoms with E-state index in [0.717, 1.165) is 5.56 Å². The van der Waals surface area contributed by atoms with Crippen LogP contribution in [0.25, 0.3) is 10.9 Å². The minimum atomic E-state index is -0.670. The summed E-state index contributed by atoms with van der Waals surface area (Å²) >= 11 is 0. The van der Waals surface area contributed by atoms with Crippen LogP contribution in [0.15, 0.2) is 53.3 Å². The largest absolute Gasteiger partial charge is 0.454 e. The Hall–Kier alpha value is -3.48. The van der Waals surface area contributed by atoms with Crippen molar-refractivity contribution in [2.45, 2.75) is 32.8 Å². The molecule has 0 unspecified atom stereocenters. The maximum absolute atomic E-state index is 12.8. The molecule has 1 aliphatic rings. The van der Waals surface area contributed by atoms with Crippen LogP contribution < -0.4 is 5.56 Å². The highest BCUT2D eigenvalue weighted by molar-refractivity contribution is 5.95. The summed E-state index contributed by atoms with van der Waals surface area (Å²) in [5.74, 6) is -0.290. The van der Waals surface area contributed by atoms with Crippen molar-refractivity contribution >= 4 is 22.8 Å². The van der Waals surface area contributed by atoms with Crippen LogP contribution in [0, 0.1) is 12.8 Å².